The lowest BCUT2D eigenvalue weighted by Crippen LogP contribution is -2.43. The summed E-state index contributed by atoms with van der Waals surface area (Å²) >= 11 is 0. The third-order valence-electron chi connectivity index (χ3n) is 3.84. The summed E-state index contributed by atoms with van der Waals surface area (Å²) in [6.45, 7) is 1.74. The second kappa shape index (κ2) is 10.3. The number of esters is 1. The van der Waals surface area contributed by atoms with Gasteiger partial charge in [-0.2, -0.15) is 9.13 Å². The molecule has 0 unspecified atom stereocenters. The predicted molar refractivity (Wildman–Crippen MR) is 99.4 cm³/mol. The average molecular weight is 405 g/mol. The molecule has 0 fully saturated rings. The number of aryl methyl sites for hydroxylation is 1. The van der Waals surface area contributed by atoms with Crippen LogP contribution in [0.4, 0.5) is 4.79 Å². The van der Waals surface area contributed by atoms with E-state index in [0.29, 0.717) is 11.1 Å². The normalized spacial score (nSPS) is 11.2. The molecule has 0 aromatic heterocycles. The van der Waals surface area contributed by atoms with Crippen LogP contribution in [0.15, 0.2) is 48.5 Å². The summed E-state index contributed by atoms with van der Waals surface area (Å²) in [5.74, 6) is -0.429. The van der Waals surface area contributed by atoms with Gasteiger partial charge >= 0.3 is 20.0 Å². The first-order valence-electron chi connectivity index (χ1n) is 8.36. The van der Waals surface area contributed by atoms with Crippen molar-refractivity contribution >= 4 is 20.0 Å². The van der Waals surface area contributed by atoms with E-state index in [-0.39, 0.29) is 18.8 Å². The lowest BCUT2D eigenvalue weighted by Gasteiger charge is -2.17. The van der Waals surface area contributed by atoms with Crippen molar-refractivity contribution < 1.29 is 32.7 Å². The van der Waals surface area contributed by atoms with Gasteiger partial charge in [-0.05, 0) is 29.7 Å². The minimum atomic E-state index is -3.02. The third-order valence-corrected chi connectivity index (χ3v) is 4.19. The smallest absolute Gasteiger partial charge is 0.467 e. The SMILES string of the molecule is COC(=O)[C@H](Cc1ccc(OP(=O)=O)c(C)c1)NC(=O)OCc1ccccc1. The molecule has 2 aromatic carbocycles. The zero-order chi connectivity index (χ0) is 20.5. The van der Waals surface area contributed by atoms with Gasteiger partial charge in [0, 0.05) is 6.42 Å². The van der Waals surface area contributed by atoms with Crippen molar-refractivity contribution in [3.05, 3.63) is 65.2 Å². The number of carbonyl (C=O) groups excluding carboxylic acids is 2. The maximum Gasteiger partial charge on any atom is 0.529 e. The molecule has 2 aromatic rings. The van der Waals surface area contributed by atoms with E-state index in [4.69, 9.17) is 9.47 Å². The molecule has 0 aliphatic rings. The van der Waals surface area contributed by atoms with Gasteiger partial charge in [0.2, 0.25) is 0 Å². The van der Waals surface area contributed by atoms with E-state index in [1.165, 1.54) is 13.2 Å². The second-order valence-electron chi connectivity index (χ2n) is 5.90. The van der Waals surface area contributed by atoms with Crippen LogP contribution in [-0.4, -0.2) is 25.2 Å². The molecular weight excluding hydrogens is 385 g/mol. The molecule has 1 amide bonds. The Morgan fingerprint density at radius 2 is 1.79 bits per heavy atom. The van der Waals surface area contributed by atoms with Gasteiger partial charge in [-0.1, -0.05) is 42.5 Å². The number of methoxy groups -OCH3 is 1. The number of benzene rings is 2. The molecule has 0 spiro atoms. The lowest BCUT2D eigenvalue weighted by molar-refractivity contribution is -0.143. The van der Waals surface area contributed by atoms with Crippen LogP contribution in [0.5, 0.6) is 5.75 Å². The average Bonchev–Trinajstić information content (AvgIpc) is 2.68. The van der Waals surface area contributed by atoms with E-state index in [1.54, 1.807) is 19.1 Å². The highest BCUT2D eigenvalue weighted by molar-refractivity contribution is 7.25. The minimum Gasteiger partial charge on any atom is -0.467 e. The first kappa shape index (κ1) is 21.2. The lowest BCUT2D eigenvalue weighted by atomic mass is 10.0. The van der Waals surface area contributed by atoms with Gasteiger partial charge in [-0.3, -0.25) is 0 Å². The van der Waals surface area contributed by atoms with Gasteiger partial charge in [0.05, 0.1) is 7.11 Å². The number of ether oxygens (including phenoxy) is 2. The van der Waals surface area contributed by atoms with E-state index < -0.39 is 26.0 Å². The molecule has 0 heterocycles. The summed E-state index contributed by atoms with van der Waals surface area (Å²) in [6.07, 6.45) is -0.614. The van der Waals surface area contributed by atoms with Crippen LogP contribution in [0.2, 0.25) is 0 Å². The number of alkyl carbamates (subject to hydrolysis) is 1. The van der Waals surface area contributed by atoms with Crippen molar-refractivity contribution in [2.75, 3.05) is 7.11 Å². The highest BCUT2D eigenvalue weighted by Crippen LogP contribution is 2.24. The summed E-state index contributed by atoms with van der Waals surface area (Å²) in [6, 6.07) is 12.9. The van der Waals surface area contributed by atoms with Crippen LogP contribution in [0, 0.1) is 6.92 Å². The Hall–Kier alpha value is -3.12. The Balaban J connectivity index is 2.02. The summed E-state index contributed by atoms with van der Waals surface area (Å²) in [5.41, 5.74) is 2.08. The van der Waals surface area contributed by atoms with Gasteiger partial charge in [-0.25, -0.2) is 9.59 Å². The quantitative estimate of drug-likeness (QED) is 0.529. The molecule has 9 heteroatoms. The minimum absolute atomic E-state index is 0.0685. The summed E-state index contributed by atoms with van der Waals surface area (Å²) in [4.78, 5) is 24.1. The van der Waals surface area contributed by atoms with Gasteiger partial charge in [-0.15, -0.1) is 0 Å². The van der Waals surface area contributed by atoms with Crippen LogP contribution in [0.1, 0.15) is 16.7 Å². The van der Waals surface area contributed by atoms with E-state index >= 15 is 0 Å². The molecule has 0 saturated heterocycles. The van der Waals surface area contributed by atoms with Gasteiger partial charge in [0.25, 0.3) is 0 Å². The largest absolute Gasteiger partial charge is 0.529 e. The topological polar surface area (TPSA) is 108 Å². The van der Waals surface area contributed by atoms with Crippen LogP contribution >= 0.6 is 7.91 Å². The number of hydrogen-bond acceptors (Lipinski definition) is 7. The van der Waals surface area contributed by atoms with Gasteiger partial charge in [0.1, 0.15) is 18.4 Å². The zero-order valence-corrected chi connectivity index (χ0v) is 16.3. The van der Waals surface area contributed by atoms with Crippen molar-refractivity contribution in [2.24, 2.45) is 0 Å². The summed E-state index contributed by atoms with van der Waals surface area (Å²) < 4.78 is 35.9. The molecule has 0 bridgehead atoms. The Labute approximate surface area is 162 Å². The van der Waals surface area contributed by atoms with Crippen molar-refractivity contribution in [3.8, 4) is 5.75 Å². The second-order valence-corrected chi connectivity index (χ2v) is 6.53. The monoisotopic (exact) mass is 405 g/mol. The van der Waals surface area contributed by atoms with Gasteiger partial charge < -0.3 is 19.3 Å². The molecule has 148 valence electrons. The number of amides is 1. The highest BCUT2D eigenvalue weighted by atomic mass is 31.1. The molecule has 1 atom stereocenters. The van der Waals surface area contributed by atoms with Crippen molar-refractivity contribution in [1.29, 1.82) is 0 Å². The Morgan fingerprint density at radius 1 is 1.07 bits per heavy atom. The molecule has 2 rings (SSSR count). The third kappa shape index (κ3) is 6.55. The summed E-state index contributed by atoms with van der Waals surface area (Å²) in [7, 11) is -1.79. The maximum absolute atomic E-state index is 12.1. The molecule has 28 heavy (non-hydrogen) atoms. The first-order chi connectivity index (χ1) is 13.4. The molecule has 8 nitrogen and oxygen atoms in total. The van der Waals surface area contributed by atoms with E-state index in [0.717, 1.165) is 5.56 Å². The number of nitrogens with one attached hydrogen (secondary N) is 1. The van der Waals surface area contributed by atoms with Crippen LogP contribution in [-0.2, 0) is 36.4 Å². The zero-order valence-electron chi connectivity index (χ0n) is 15.4. The van der Waals surface area contributed by atoms with E-state index in [2.05, 4.69) is 9.84 Å². The number of carbonyl (C=O) groups is 2. The summed E-state index contributed by atoms with van der Waals surface area (Å²) in [5, 5.41) is 2.49. The molecule has 0 aliphatic heterocycles. The number of hydrogen-bond donors (Lipinski definition) is 1. The van der Waals surface area contributed by atoms with E-state index in [9.17, 15) is 18.7 Å². The fourth-order valence-electron chi connectivity index (χ4n) is 2.50. The van der Waals surface area contributed by atoms with E-state index in [1.807, 2.05) is 30.3 Å². The molecule has 0 aliphatic carbocycles. The molecule has 1 N–H and O–H groups in total. The fraction of sp³-hybridized carbons (Fsp3) is 0.263. The first-order valence-corrected chi connectivity index (χ1v) is 9.45. The number of rotatable bonds is 8. The fourth-order valence-corrected chi connectivity index (χ4v) is 2.86. The highest BCUT2D eigenvalue weighted by Gasteiger charge is 2.23. The predicted octanol–water partition coefficient (Wildman–Crippen LogP) is 3.47. The Morgan fingerprint density at radius 3 is 2.39 bits per heavy atom. The molecular formula is C19H20NO7P. The van der Waals surface area contributed by atoms with Crippen molar-refractivity contribution in [1.82, 2.24) is 5.32 Å². The molecule has 0 saturated carbocycles. The Bertz CT molecular complexity index is 888. The molecule has 0 radical (unpaired) electrons. The Kier molecular flexibility index (Phi) is 7.77. The maximum atomic E-state index is 12.1. The van der Waals surface area contributed by atoms with Crippen LogP contribution < -0.4 is 9.84 Å². The standard InChI is InChI=1S/C19H20NO7P/c1-13-10-15(8-9-17(13)27-28(23)24)11-16(18(21)25-2)20-19(22)26-12-14-6-4-3-5-7-14/h3-10,16H,11-12H2,1-2H3,(H,20,22)/t16-/m0/s1. The van der Waals surface area contributed by atoms with Crippen molar-refractivity contribution in [3.63, 3.8) is 0 Å². The van der Waals surface area contributed by atoms with Crippen molar-refractivity contribution in [2.45, 2.75) is 26.0 Å². The van der Waals surface area contributed by atoms with Crippen LogP contribution in [0.3, 0.4) is 0 Å². The van der Waals surface area contributed by atoms with Crippen LogP contribution in [0.25, 0.3) is 0 Å². The van der Waals surface area contributed by atoms with Gasteiger partial charge in [0.15, 0.2) is 0 Å².